The van der Waals surface area contributed by atoms with Crippen LogP contribution in [0.15, 0.2) is 0 Å². The van der Waals surface area contributed by atoms with E-state index in [1.807, 2.05) is 0 Å². The molecule has 2 aliphatic carbocycles. The van der Waals surface area contributed by atoms with Crippen LogP contribution in [0, 0.1) is 11.8 Å². The molecule has 1 amide bonds. The summed E-state index contributed by atoms with van der Waals surface area (Å²) in [5.74, 6) is -0.322. The van der Waals surface area contributed by atoms with Gasteiger partial charge in [0.25, 0.3) is 0 Å². The highest BCUT2D eigenvalue weighted by molar-refractivity contribution is 5.85. The molecule has 0 aromatic carbocycles. The predicted molar refractivity (Wildman–Crippen MR) is 72.2 cm³/mol. The summed E-state index contributed by atoms with van der Waals surface area (Å²) in [4.78, 5) is 25.7. The van der Waals surface area contributed by atoms with Crippen LogP contribution in [0.1, 0.15) is 44.9 Å². The molecule has 2 saturated carbocycles. The molecule has 0 bridgehead atoms. The van der Waals surface area contributed by atoms with Gasteiger partial charge in [0.05, 0.1) is 12.0 Å². The van der Waals surface area contributed by atoms with Crippen LogP contribution in [0.3, 0.4) is 0 Å². The fraction of sp³-hybridized carbons (Fsp3) is 0.867. The standard InChI is InChI=1S/C15H23NO4/c1-20-15(6-3-7-15)8-12(17)16-9-10-4-2-5-11(10)13(16)14(18)19/h10-11,13H,2-9H2,1H3,(H,18,19). The van der Waals surface area contributed by atoms with Crippen LogP contribution < -0.4 is 0 Å². The van der Waals surface area contributed by atoms with E-state index < -0.39 is 12.0 Å². The molecule has 3 fully saturated rings. The zero-order chi connectivity index (χ0) is 14.3. The fourth-order valence-corrected chi connectivity index (χ4v) is 4.28. The molecular formula is C15H23NO4. The lowest BCUT2D eigenvalue weighted by Crippen LogP contribution is -2.49. The number of carboxylic acid groups (broad SMARTS) is 1. The second-order valence-electron chi connectivity index (χ2n) is 6.60. The predicted octanol–water partition coefficient (Wildman–Crippen LogP) is 1.66. The van der Waals surface area contributed by atoms with E-state index in [2.05, 4.69) is 0 Å². The summed E-state index contributed by atoms with van der Waals surface area (Å²) in [5.41, 5.74) is -0.322. The zero-order valence-electron chi connectivity index (χ0n) is 12.0. The summed E-state index contributed by atoms with van der Waals surface area (Å²) in [7, 11) is 1.65. The second-order valence-corrected chi connectivity index (χ2v) is 6.60. The Morgan fingerprint density at radius 1 is 1.30 bits per heavy atom. The van der Waals surface area contributed by atoms with Gasteiger partial charge in [-0.3, -0.25) is 4.79 Å². The van der Waals surface area contributed by atoms with Crippen molar-refractivity contribution in [2.75, 3.05) is 13.7 Å². The van der Waals surface area contributed by atoms with Gasteiger partial charge in [-0.25, -0.2) is 4.79 Å². The first kappa shape index (κ1) is 13.9. The molecule has 0 aromatic heterocycles. The van der Waals surface area contributed by atoms with Gasteiger partial charge >= 0.3 is 5.97 Å². The molecule has 0 spiro atoms. The van der Waals surface area contributed by atoms with E-state index in [0.717, 1.165) is 38.5 Å². The maximum absolute atomic E-state index is 12.5. The molecule has 1 N–H and O–H groups in total. The van der Waals surface area contributed by atoms with Gasteiger partial charge < -0.3 is 14.7 Å². The Bertz CT molecular complexity index is 413. The van der Waals surface area contributed by atoms with E-state index in [0.29, 0.717) is 18.9 Å². The molecule has 3 unspecified atom stereocenters. The molecule has 0 aromatic rings. The SMILES string of the molecule is COC1(CC(=O)N2CC3CCCC3C2C(=O)O)CCC1. The molecule has 0 radical (unpaired) electrons. The first-order valence-electron chi connectivity index (χ1n) is 7.64. The summed E-state index contributed by atoms with van der Waals surface area (Å²) in [6.45, 7) is 0.625. The first-order valence-corrected chi connectivity index (χ1v) is 7.64. The molecule has 5 heteroatoms. The van der Waals surface area contributed by atoms with Gasteiger partial charge in [0, 0.05) is 13.7 Å². The third-order valence-electron chi connectivity index (χ3n) is 5.63. The van der Waals surface area contributed by atoms with Gasteiger partial charge in [-0.15, -0.1) is 0 Å². The number of hydrogen-bond donors (Lipinski definition) is 1. The summed E-state index contributed by atoms with van der Waals surface area (Å²) in [6, 6.07) is -0.607. The third kappa shape index (κ3) is 2.12. The monoisotopic (exact) mass is 281 g/mol. The van der Waals surface area contributed by atoms with Crippen LogP contribution in [-0.2, 0) is 14.3 Å². The Labute approximate surface area is 119 Å². The number of carboxylic acids is 1. The fourth-order valence-electron chi connectivity index (χ4n) is 4.28. The van der Waals surface area contributed by atoms with Gasteiger partial charge in [0.1, 0.15) is 6.04 Å². The van der Waals surface area contributed by atoms with E-state index in [9.17, 15) is 14.7 Å². The van der Waals surface area contributed by atoms with Gasteiger partial charge in [-0.1, -0.05) is 6.42 Å². The summed E-state index contributed by atoms with van der Waals surface area (Å²) in [6.07, 6.45) is 6.36. The Morgan fingerprint density at radius 2 is 2.05 bits per heavy atom. The smallest absolute Gasteiger partial charge is 0.326 e. The van der Waals surface area contributed by atoms with Crippen molar-refractivity contribution in [3.8, 4) is 0 Å². The average molecular weight is 281 g/mol. The number of methoxy groups -OCH3 is 1. The maximum atomic E-state index is 12.5. The van der Waals surface area contributed by atoms with Crippen molar-refractivity contribution in [2.45, 2.75) is 56.6 Å². The molecule has 3 aliphatic rings. The lowest BCUT2D eigenvalue weighted by Gasteiger charge is -2.41. The molecule has 3 atom stereocenters. The zero-order valence-corrected chi connectivity index (χ0v) is 12.0. The minimum atomic E-state index is -0.840. The van der Waals surface area contributed by atoms with Crippen LogP contribution in [0.4, 0.5) is 0 Å². The van der Waals surface area contributed by atoms with E-state index in [4.69, 9.17) is 4.74 Å². The number of hydrogen-bond acceptors (Lipinski definition) is 3. The number of likely N-dealkylation sites (tertiary alicyclic amines) is 1. The number of nitrogens with zero attached hydrogens (tertiary/aromatic N) is 1. The van der Waals surface area contributed by atoms with Crippen LogP contribution in [0.5, 0.6) is 0 Å². The second kappa shape index (κ2) is 5.02. The van der Waals surface area contributed by atoms with E-state index in [1.54, 1.807) is 12.0 Å². The lowest BCUT2D eigenvalue weighted by molar-refractivity contribution is -0.155. The van der Waals surface area contributed by atoms with Crippen molar-refractivity contribution < 1.29 is 19.4 Å². The number of rotatable bonds is 4. The van der Waals surface area contributed by atoms with Gasteiger partial charge in [-0.05, 0) is 43.9 Å². The minimum absolute atomic E-state index is 0.0339. The Morgan fingerprint density at radius 3 is 2.60 bits per heavy atom. The highest BCUT2D eigenvalue weighted by atomic mass is 16.5. The third-order valence-corrected chi connectivity index (χ3v) is 5.63. The van der Waals surface area contributed by atoms with Crippen molar-refractivity contribution in [1.82, 2.24) is 4.90 Å². The summed E-state index contributed by atoms with van der Waals surface area (Å²) < 4.78 is 5.50. The molecule has 1 heterocycles. The van der Waals surface area contributed by atoms with Crippen LogP contribution in [0.2, 0.25) is 0 Å². The molecule has 1 aliphatic heterocycles. The number of carbonyl (C=O) groups excluding carboxylic acids is 1. The molecule has 112 valence electrons. The number of ether oxygens (including phenoxy) is 1. The van der Waals surface area contributed by atoms with Crippen LogP contribution in [-0.4, -0.2) is 47.2 Å². The maximum Gasteiger partial charge on any atom is 0.326 e. The Kier molecular flexibility index (Phi) is 3.48. The van der Waals surface area contributed by atoms with Gasteiger partial charge in [0.2, 0.25) is 5.91 Å². The van der Waals surface area contributed by atoms with E-state index in [-0.39, 0.29) is 17.4 Å². The first-order chi connectivity index (χ1) is 9.56. The van der Waals surface area contributed by atoms with Gasteiger partial charge in [0.15, 0.2) is 0 Å². The molecule has 5 nitrogen and oxygen atoms in total. The van der Waals surface area contributed by atoms with Crippen LogP contribution >= 0.6 is 0 Å². The van der Waals surface area contributed by atoms with Crippen molar-refractivity contribution in [3.63, 3.8) is 0 Å². The molecular weight excluding hydrogens is 258 g/mol. The Hall–Kier alpha value is -1.10. The number of fused-ring (bicyclic) bond motifs is 1. The highest BCUT2D eigenvalue weighted by Gasteiger charge is 2.51. The van der Waals surface area contributed by atoms with E-state index >= 15 is 0 Å². The summed E-state index contributed by atoms with van der Waals surface area (Å²) in [5, 5.41) is 9.48. The van der Waals surface area contributed by atoms with Gasteiger partial charge in [-0.2, -0.15) is 0 Å². The van der Waals surface area contributed by atoms with E-state index in [1.165, 1.54) is 0 Å². The number of carbonyl (C=O) groups is 2. The van der Waals surface area contributed by atoms with Crippen molar-refractivity contribution in [2.24, 2.45) is 11.8 Å². The van der Waals surface area contributed by atoms with Crippen LogP contribution in [0.25, 0.3) is 0 Å². The highest BCUT2D eigenvalue weighted by Crippen LogP contribution is 2.44. The normalized spacial score (nSPS) is 34.6. The summed E-state index contributed by atoms with van der Waals surface area (Å²) >= 11 is 0. The van der Waals surface area contributed by atoms with Crippen molar-refractivity contribution in [1.29, 1.82) is 0 Å². The lowest BCUT2D eigenvalue weighted by atomic mass is 9.77. The number of aliphatic carboxylic acids is 1. The topological polar surface area (TPSA) is 66.8 Å². The molecule has 20 heavy (non-hydrogen) atoms. The quantitative estimate of drug-likeness (QED) is 0.851. The average Bonchev–Trinajstić information content (AvgIpc) is 2.92. The van der Waals surface area contributed by atoms with Crippen molar-refractivity contribution in [3.05, 3.63) is 0 Å². The molecule has 1 saturated heterocycles. The molecule has 3 rings (SSSR count). The van der Waals surface area contributed by atoms with Crippen molar-refractivity contribution >= 4 is 11.9 Å². The Balaban J connectivity index is 1.72. The largest absolute Gasteiger partial charge is 0.480 e. The minimum Gasteiger partial charge on any atom is -0.480 e. The number of amides is 1.